The van der Waals surface area contributed by atoms with Crippen LogP contribution in [0.4, 0.5) is 11.4 Å². The van der Waals surface area contributed by atoms with Gasteiger partial charge in [-0.25, -0.2) is 0 Å². The molecule has 4 N–H and O–H groups in total. The summed E-state index contributed by atoms with van der Waals surface area (Å²) in [6, 6.07) is 16.2. The van der Waals surface area contributed by atoms with Crippen LogP contribution in [-0.4, -0.2) is 24.3 Å². The maximum Gasteiger partial charge on any atom is 0.170 e. The Kier molecular flexibility index (Phi) is 5.68. The Labute approximate surface area is 141 Å². The zero-order valence-corrected chi connectivity index (χ0v) is 14.1. The van der Waals surface area contributed by atoms with Gasteiger partial charge in [0.2, 0.25) is 0 Å². The molecule has 0 unspecified atom stereocenters. The molecule has 0 heterocycles. The molecule has 0 fully saturated rings. The molecule has 0 atom stereocenters. The minimum Gasteiger partial charge on any atom is -0.366 e. The molecule has 0 radical (unpaired) electrons. The van der Waals surface area contributed by atoms with E-state index in [0.717, 1.165) is 22.5 Å². The number of anilines is 2. The summed E-state index contributed by atoms with van der Waals surface area (Å²) in [5.74, 6) is 0. The zero-order valence-electron chi connectivity index (χ0n) is 12.4. The number of hydrogen-bond donors (Lipinski definition) is 4. The van der Waals surface area contributed by atoms with E-state index < -0.39 is 0 Å². The van der Waals surface area contributed by atoms with Gasteiger partial charge in [0, 0.05) is 25.5 Å². The van der Waals surface area contributed by atoms with Gasteiger partial charge in [0.25, 0.3) is 0 Å². The topological polar surface area (TPSA) is 48.1 Å². The maximum absolute atomic E-state index is 5.08. The molecular formula is C16H18N4S2. The summed E-state index contributed by atoms with van der Waals surface area (Å²) >= 11 is 10.2. The molecule has 0 aromatic heterocycles. The van der Waals surface area contributed by atoms with Gasteiger partial charge in [0.15, 0.2) is 10.2 Å². The van der Waals surface area contributed by atoms with Gasteiger partial charge in [-0.15, -0.1) is 0 Å². The molecule has 0 amide bonds. The van der Waals surface area contributed by atoms with E-state index in [0.29, 0.717) is 10.2 Å². The van der Waals surface area contributed by atoms with Crippen molar-refractivity contribution in [1.29, 1.82) is 0 Å². The summed E-state index contributed by atoms with van der Waals surface area (Å²) in [5, 5.41) is 13.2. The number of benzene rings is 2. The number of thiocarbonyl (C=S) groups is 2. The summed E-state index contributed by atoms with van der Waals surface area (Å²) in [6.07, 6.45) is 0. The normalized spacial score (nSPS) is 9.73. The zero-order chi connectivity index (χ0) is 15.9. The summed E-state index contributed by atoms with van der Waals surface area (Å²) < 4.78 is 0. The van der Waals surface area contributed by atoms with Gasteiger partial charge >= 0.3 is 0 Å². The standard InChI is InChI=1S/C16H18N4S2/c1-17-15(21)19-13-7-3-11(4-8-13)12-5-9-14(10-6-12)20-16(22)18-2/h3-10H,1-2H3,(H2,17,19,21)(H2,18,20,22). The van der Waals surface area contributed by atoms with E-state index in [-0.39, 0.29) is 0 Å². The molecule has 2 rings (SSSR count). The van der Waals surface area contributed by atoms with Crippen molar-refractivity contribution < 1.29 is 0 Å². The minimum absolute atomic E-state index is 0.601. The predicted molar refractivity (Wildman–Crippen MR) is 102 cm³/mol. The average Bonchev–Trinajstić information content (AvgIpc) is 2.56. The Bertz CT molecular complexity index is 591. The lowest BCUT2D eigenvalue weighted by Crippen LogP contribution is -2.24. The maximum atomic E-state index is 5.08. The summed E-state index contributed by atoms with van der Waals surface area (Å²) in [6.45, 7) is 0. The summed E-state index contributed by atoms with van der Waals surface area (Å²) in [7, 11) is 3.58. The quantitative estimate of drug-likeness (QED) is 0.649. The highest BCUT2D eigenvalue weighted by Crippen LogP contribution is 2.23. The van der Waals surface area contributed by atoms with Gasteiger partial charge in [-0.05, 0) is 59.8 Å². The number of nitrogens with one attached hydrogen (secondary N) is 4. The van der Waals surface area contributed by atoms with Crippen LogP contribution in [0.3, 0.4) is 0 Å². The van der Waals surface area contributed by atoms with Crippen LogP contribution >= 0.6 is 24.4 Å². The van der Waals surface area contributed by atoms with E-state index in [4.69, 9.17) is 24.4 Å². The van der Waals surface area contributed by atoms with Crippen molar-refractivity contribution in [2.45, 2.75) is 0 Å². The molecule has 0 saturated carbocycles. The van der Waals surface area contributed by atoms with Crippen molar-refractivity contribution >= 4 is 46.0 Å². The highest BCUT2D eigenvalue weighted by molar-refractivity contribution is 7.80. The Hall–Kier alpha value is -2.18. The van der Waals surface area contributed by atoms with Gasteiger partial charge in [0.1, 0.15) is 0 Å². The van der Waals surface area contributed by atoms with Crippen LogP contribution in [0.1, 0.15) is 0 Å². The molecule has 4 nitrogen and oxygen atoms in total. The average molecular weight is 330 g/mol. The third-order valence-corrected chi connectivity index (χ3v) is 3.69. The van der Waals surface area contributed by atoms with Crippen molar-refractivity contribution in [2.75, 3.05) is 24.7 Å². The van der Waals surface area contributed by atoms with E-state index >= 15 is 0 Å². The molecule has 0 aliphatic carbocycles. The molecule has 2 aromatic rings. The van der Waals surface area contributed by atoms with Crippen molar-refractivity contribution in [2.24, 2.45) is 0 Å². The summed E-state index contributed by atoms with van der Waals surface area (Å²) in [4.78, 5) is 0. The van der Waals surface area contributed by atoms with E-state index in [2.05, 4.69) is 45.5 Å². The first-order valence-corrected chi connectivity index (χ1v) is 7.62. The first kappa shape index (κ1) is 16.2. The van der Waals surface area contributed by atoms with E-state index in [1.165, 1.54) is 0 Å². The lowest BCUT2D eigenvalue weighted by Gasteiger charge is -2.10. The Morgan fingerprint density at radius 3 is 1.23 bits per heavy atom. The van der Waals surface area contributed by atoms with Crippen LogP contribution < -0.4 is 21.3 Å². The molecule has 0 bridgehead atoms. The van der Waals surface area contributed by atoms with Crippen LogP contribution in [0.15, 0.2) is 48.5 Å². The highest BCUT2D eigenvalue weighted by Gasteiger charge is 2.00. The van der Waals surface area contributed by atoms with Gasteiger partial charge in [-0.2, -0.15) is 0 Å². The SMILES string of the molecule is CNC(=S)Nc1ccc(-c2ccc(NC(=S)NC)cc2)cc1. The lowest BCUT2D eigenvalue weighted by molar-refractivity contribution is 1.20. The van der Waals surface area contributed by atoms with Gasteiger partial charge < -0.3 is 21.3 Å². The van der Waals surface area contributed by atoms with Crippen molar-refractivity contribution in [3.8, 4) is 11.1 Å². The first-order chi connectivity index (χ1) is 10.6. The smallest absolute Gasteiger partial charge is 0.170 e. The van der Waals surface area contributed by atoms with Crippen LogP contribution in [0, 0.1) is 0 Å². The molecule has 6 heteroatoms. The molecular weight excluding hydrogens is 312 g/mol. The van der Waals surface area contributed by atoms with Crippen LogP contribution in [0.25, 0.3) is 11.1 Å². The molecule has 114 valence electrons. The second-order valence-electron chi connectivity index (χ2n) is 4.56. The number of hydrogen-bond acceptors (Lipinski definition) is 2. The fourth-order valence-electron chi connectivity index (χ4n) is 1.88. The van der Waals surface area contributed by atoms with Crippen molar-refractivity contribution in [1.82, 2.24) is 10.6 Å². The van der Waals surface area contributed by atoms with Crippen LogP contribution in [-0.2, 0) is 0 Å². The van der Waals surface area contributed by atoms with Gasteiger partial charge in [-0.3, -0.25) is 0 Å². The Morgan fingerprint density at radius 2 is 0.955 bits per heavy atom. The van der Waals surface area contributed by atoms with E-state index in [1.54, 1.807) is 14.1 Å². The van der Waals surface area contributed by atoms with Gasteiger partial charge in [-0.1, -0.05) is 24.3 Å². The Morgan fingerprint density at radius 1 is 0.636 bits per heavy atom. The first-order valence-electron chi connectivity index (χ1n) is 6.80. The molecule has 2 aromatic carbocycles. The molecule has 0 aliphatic heterocycles. The lowest BCUT2D eigenvalue weighted by atomic mass is 10.1. The molecule has 22 heavy (non-hydrogen) atoms. The fourth-order valence-corrected chi connectivity index (χ4v) is 2.11. The molecule has 0 spiro atoms. The fraction of sp³-hybridized carbons (Fsp3) is 0.125. The van der Waals surface area contributed by atoms with E-state index in [9.17, 15) is 0 Å². The third-order valence-electron chi connectivity index (χ3n) is 3.07. The summed E-state index contributed by atoms with van der Waals surface area (Å²) in [5.41, 5.74) is 4.20. The molecule has 0 saturated heterocycles. The van der Waals surface area contributed by atoms with Crippen LogP contribution in [0.5, 0.6) is 0 Å². The predicted octanol–water partition coefficient (Wildman–Crippen LogP) is 3.19. The monoisotopic (exact) mass is 330 g/mol. The van der Waals surface area contributed by atoms with Crippen molar-refractivity contribution in [3.05, 3.63) is 48.5 Å². The Balaban J connectivity index is 2.08. The number of rotatable bonds is 3. The van der Waals surface area contributed by atoms with E-state index in [1.807, 2.05) is 24.3 Å². The highest BCUT2D eigenvalue weighted by atomic mass is 32.1. The molecule has 0 aliphatic rings. The second-order valence-corrected chi connectivity index (χ2v) is 5.38. The minimum atomic E-state index is 0.601. The largest absolute Gasteiger partial charge is 0.366 e. The second kappa shape index (κ2) is 7.72. The van der Waals surface area contributed by atoms with Gasteiger partial charge in [0.05, 0.1) is 0 Å². The van der Waals surface area contributed by atoms with Crippen LogP contribution in [0.2, 0.25) is 0 Å². The third kappa shape index (κ3) is 4.41. The van der Waals surface area contributed by atoms with Crippen molar-refractivity contribution in [3.63, 3.8) is 0 Å².